The second-order valence-electron chi connectivity index (χ2n) is 4.37. The van der Waals surface area contributed by atoms with E-state index in [9.17, 15) is 0 Å². The monoisotopic (exact) mass is 211 g/mol. The highest BCUT2D eigenvalue weighted by atomic mass is 16.5. The third-order valence-electron chi connectivity index (χ3n) is 2.80. The number of hydrogen-bond donors (Lipinski definition) is 1. The van der Waals surface area contributed by atoms with Crippen molar-refractivity contribution < 1.29 is 4.74 Å². The van der Waals surface area contributed by atoms with Crippen molar-refractivity contribution in [1.82, 2.24) is 10.2 Å². The summed E-state index contributed by atoms with van der Waals surface area (Å²) in [6.45, 7) is 3.57. The van der Waals surface area contributed by atoms with Gasteiger partial charge in [-0.1, -0.05) is 0 Å². The highest BCUT2D eigenvalue weighted by molar-refractivity contribution is 4.97. The van der Waals surface area contributed by atoms with Crippen molar-refractivity contribution >= 4 is 0 Å². The summed E-state index contributed by atoms with van der Waals surface area (Å²) in [7, 11) is 3.73. The summed E-state index contributed by atoms with van der Waals surface area (Å²) in [4.78, 5) is 2.16. The standard InChI is InChI=1S/C11H21N3O/c1-9(8-15-3)14(2)7-11(6-12)13-10-4-5-10/h9-11,13H,4-5,7-8H2,1-3H3. The zero-order chi connectivity index (χ0) is 11.3. The minimum atomic E-state index is -0.0539. The maximum atomic E-state index is 8.99. The van der Waals surface area contributed by atoms with Crippen LogP contribution in [-0.4, -0.2) is 50.3 Å². The summed E-state index contributed by atoms with van der Waals surface area (Å²) < 4.78 is 5.09. The van der Waals surface area contributed by atoms with Crippen molar-refractivity contribution in [3.63, 3.8) is 0 Å². The lowest BCUT2D eigenvalue weighted by Gasteiger charge is -2.26. The first-order valence-corrected chi connectivity index (χ1v) is 5.52. The summed E-state index contributed by atoms with van der Waals surface area (Å²) >= 11 is 0. The number of rotatable bonds is 7. The summed E-state index contributed by atoms with van der Waals surface area (Å²) in [5, 5.41) is 12.3. The molecule has 86 valence electrons. The summed E-state index contributed by atoms with van der Waals surface area (Å²) in [5.74, 6) is 0. The normalized spacial score (nSPS) is 19.9. The maximum absolute atomic E-state index is 8.99. The Balaban J connectivity index is 2.26. The molecule has 0 aromatic rings. The molecule has 1 saturated carbocycles. The molecule has 15 heavy (non-hydrogen) atoms. The molecule has 0 heterocycles. The van der Waals surface area contributed by atoms with Crippen LogP contribution in [0.2, 0.25) is 0 Å². The molecule has 0 saturated heterocycles. The van der Waals surface area contributed by atoms with E-state index in [1.807, 2.05) is 7.05 Å². The van der Waals surface area contributed by atoms with Gasteiger partial charge in [0.1, 0.15) is 6.04 Å². The molecule has 2 atom stereocenters. The van der Waals surface area contributed by atoms with Gasteiger partial charge in [-0.05, 0) is 26.8 Å². The molecule has 0 amide bonds. The molecule has 0 aliphatic heterocycles. The Morgan fingerprint density at radius 1 is 1.60 bits per heavy atom. The van der Waals surface area contributed by atoms with Crippen LogP contribution in [-0.2, 0) is 4.74 Å². The Labute approximate surface area is 92.2 Å². The number of hydrogen-bond acceptors (Lipinski definition) is 4. The van der Waals surface area contributed by atoms with Gasteiger partial charge >= 0.3 is 0 Å². The molecule has 0 aromatic heterocycles. The molecule has 0 radical (unpaired) electrons. The maximum Gasteiger partial charge on any atom is 0.108 e. The fourth-order valence-electron chi connectivity index (χ4n) is 1.50. The Morgan fingerprint density at radius 2 is 2.27 bits per heavy atom. The van der Waals surface area contributed by atoms with Crippen molar-refractivity contribution in [3.8, 4) is 6.07 Å². The highest BCUT2D eigenvalue weighted by Gasteiger charge is 2.25. The molecule has 1 aliphatic carbocycles. The lowest BCUT2D eigenvalue weighted by Crippen LogP contribution is -2.44. The molecule has 1 fully saturated rings. The van der Waals surface area contributed by atoms with Crippen LogP contribution in [0.4, 0.5) is 0 Å². The first-order chi connectivity index (χ1) is 7.17. The summed E-state index contributed by atoms with van der Waals surface area (Å²) in [6.07, 6.45) is 2.44. The van der Waals surface area contributed by atoms with E-state index in [-0.39, 0.29) is 6.04 Å². The van der Waals surface area contributed by atoms with Crippen molar-refractivity contribution in [2.75, 3.05) is 27.3 Å². The van der Waals surface area contributed by atoms with Crippen molar-refractivity contribution in [2.45, 2.75) is 37.9 Å². The average molecular weight is 211 g/mol. The Bertz CT molecular complexity index is 222. The van der Waals surface area contributed by atoms with E-state index in [1.165, 1.54) is 12.8 Å². The van der Waals surface area contributed by atoms with E-state index < -0.39 is 0 Å². The molecule has 1 aliphatic rings. The van der Waals surface area contributed by atoms with E-state index in [2.05, 4.69) is 23.2 Å². The fraction of sp³-hybridized carbons (Fsp3) is 0.909. The van der Waals surface area contributed by atoms with Gasteiger partial charge in [0.2, 0.25) is 0 Å². The topological polar surface area (TPSA) is 48.3 Å². The Morgan fingerprint density at radius 3 is 2.73 bits per heavy atom. The van der Waals surface area contributed by atoms with Gasteiger partial charge in [-0.25, -0.2) is 0 Å². The van der Waals surface area contributed by atoms with Crippen molar-refractivity contribution in [1.29, 1.82) is 5.26 Å². The number of nitriles is 1. The smallest absolute Gasteiger partial charge is 0.108 e. The number of nitrogens with zero attached hydrogens (tertiary/aromatic N) is 2. The van der Waals surface area contributed by atoms with Gasteiger partial charge < -0.3 is 4.74 Å². The molecular formula is C11H21N3O. The molecule has 0 bridgehead atoms. The van der Waals surface area contributed by atoms with Crippen LogP contribution in [0.25, 0.3) is 0 Å². The predicted octanol–water partition coefficient (Wildman–Crippen LogP) is 0.597. The molecule has 1 N–H and O–H groups in total. The second-order valence-corrected chi connectivity index (χ2v) is 4.37. The summed E-state index contributed by atoms with van der Waals surface area (Å²) in [6, 6.07) is 3.19. The first kappa shape index (κ1) is 12.4. The molecule has 4 heteroatoms. The van der Waals surface area contributed by atoms with Gasteiger partial charge in [0.25, 0.3) is 0 Å². The van der Waals surface area contributed by atoms with Crippen molar-refractivity contribution in [2.24, 2.45) is 0 Å². The van der Waals surface area contributed by atoms with Crippen molar-refractivity contribution in [3.05, 3.63) is 0 Å². The van der Waals surface area contributed by atoms with Gasteiger partial charge in [0, 0.05) is 25.7 Å². The number of likely N-dealkylation sites (N-methyl/N-ethyl adjacent to an activating group) is 1. The molecule has 2 unspecified atom stereocenters. The molecule has 0 aromatic carbocycles. The van der Waals surface area contributed by atoms with Gasteiger partial charge in [-0.2, -0.15) is 5.26 Å². The lowest BCUT2D eigenvalue weighted by molar-refractivity contribution is 0.112. The van der Waals surface area contributed by atoms with Crippen LogP contribution in [0.1, 0.15) is 19.8 Å². The second kappa shape index (κ2) is 6.06. The van der Waals surface area contributed by atoms with Crippen LogP contribution < -0.4 is 5.32 Å². The minimum Gasteiger partial charge on any atom is -0.383 e. The lowest BCUT2D eigenvalue weighted by atomic mass is 10.2. The fourth-order valence-corrected chi connectivity index (χ4v) is 1.50. The van der Waals surface area contributed by atoms with Crippen LogP contribution in [0.3, 0.4) is 0 Å². The molecular weight excluding hydrogens is 190 g/mol. The van der Waals surface area contributed by atoms with Crippen LogP contribution in [0, 0.1) is 11.3 Å². The zero-order valence-electron chi connectivity index (χ0n) is 9.86. The van der Waals surface area contributed by atoms with E-state index in [0.717, 1.165) is 6.54 Å². The van der Waals surface area contributed by atoms with E-state index in [0.29, 0.717) is 18.7 Å². The van der Waals surface area contributed by atoms with Gasteiger partial charge in [0.05, 0.1) is 12.7 Å². The number of ether oxygens (including phenoxy) is 1. The Hall–Kier alpha value is -0.630. The molecule has 0 spiro atoms. The third kappa shape index (κ3) is 4.61. The highest BCUT2D eigenvalue weighted by Crippen LogP contribution is 2.19. The quantitative estimate of drug-likeness (QED) is 0.670. The SMILES string of the molecule is COCC(C)N(C)CC(C#N)NC1CC1. The molecule has 1 rings (SSSR count). The van der Waals surface area contributed by atoms with E-state index in [1.54, 1.807) is 7.11 Å². The van der Waals surface area contributed by atoms with Gasteiger partial charge in [0.15, 0.2) is 0 Å². The van der Waals surface area contributed by atoms with Gasteiger partial charge in [-0.3, -0.25) is 10.2 Å². The number of nitrogens with one attached hydrogen (secondary N) is 1. The first-order valence-electron chi connectivity index (χ1n) is 5.52. The number of methoxy groups -OCH3 is 1. The minimum absolute atomic E-state index is 0.0539. The van der Waals surface area contributed by atoms with Gasteiger partial charge in [-0.15, -0.1) is 0 Å². The van der Waals surface area contributed by atoms with Crippen LogP contribution in [0.5, 0.6) is 0 Å². The third-order valence-corrected chi connectivity index (χ3v) is 2.80. The zero-order valence-corrected chi connectivity index (χ0v) is 9.86. The van der Waals surface area contributed by atoms with Crippen LogP contribution >= 0.6 is 0 Å². The molecule has 4 nitrogen and oxygen atoms in total. The summed E-state index contributed by atoms with van der Waals surface area (Å²) in [5.41, 5.74) is 0. The van der Waals surface area contributed by atoms with E-state index >= 15 is 0 Å². The largest absolute Gasteiger partial charge is 0.383 e. The van der Waals surface area contributed by atoms with Crippen LogP contribution in [0.15, 0.2) is 0 Å². The van der Waals surface area contributed by atoms with E-state index in [4.69, 9.17) is 10.00 Å². The predicted molar refractivity (Wildman–Crippen MR) is 59.5 cm³/mol. The average Bonchev–Trinajstić information content (AvgIpc) is 3.00. The Kier molecular flexibility index (Phi) is 5.03.